The van der Waals surface area contributed by atoms with Crippen LogP contribution in [0.3, 0.4) is 0 Å². The molecule has 2 amide bonds. The first-order valence-corrected chi connectivity index (χ1v) is 9.98. The minimum absolute atomic E-state index is 0.0511. The lowest BCUT2D eigenvalue weighted by atomic mass is 10.1. The first kappa shape index (κ1) is 22.8. The standard InChI is InChI=1S/C19H22ClN3O5S/c1-11-15(19(26)28-8-7-27-2)18(29-16(11)17(21)25)23-14(24)10-22-9-12-5-3-4-6-13(12)20/h3-6,22H,7-10H2,1-2H3,(H2,21,25)(H,23,24)/p+1. The minimum Gasteiger partial charge on any atom is -0.460 e. The number of nitrogens with two attached hydrogens (primary N) is 2. The normalized spacial score (nSPS) is 10.6. The molecule has 0 saturated heterocycles. The number of primary amides is 1. The predicted molar refractivity (Wildman–Crippen MR) is 110 cm³/mol. The summed E-state index contributed by atoms with van der Waals surface area (Å²) in [6, 6.07) is 7.37. The van der Waals surface area contributed by atoms with Crippen LogP contribution in [-0.4, -0.2) is 44.7 Å². The van der Waals surface area contributed by atoms with Crippen LogP contribution >= 0.6 is 22.9 Å². The SMILES string of the molecule is COCCOC(=O)c1c(NC(=O)C[NH2+]Cc2ccccc2Cl)sc(C(N)=O)c1C. The van der Waals surface area contributed by atoms with Crippen molar-refractivity contribution in [3.8, 4) is 0 Å². The number of carbonyl (C=O) groups excluding carboxylic acids is 3. The number of hydrogen-bond acceptors (Lipinski definition) is 6. The summed E-state index contributed by atoms with van der Waals surface area (Å²) in [5, 5.41) is 5.32. The molecule has 0 aliphatic rings. The Morgan fingerprint density at radius 1 is 1.24 bits per heavy atom. The molecular weight excluding hydrogens is 418 g/mol. The summed E-state index contributed by atoms with van der Waals surface area (Å²) in [6.07, 6.45) is 0. The molecule has 0 aliphatic carbocycles. The number of rotatable bonds is 10. The van der Waals surface area contributed by atoms with Gasteiger partial charge in [0.25, 0.3) is 11.8 Å². The van der Waals surface area contributed by atoms with Gasteiger partial charge in [0.05, 0.1) is 17.0 Å². The van der Waals surface area contributed by atoms with Gasteiger partial charge in [-0.2, -0.15) is 0 Å². The zero-order valence-corrected chi connectivity index (χ0v) is 17.7. The fourth-order valence-electron chi connectivity index (χ4n) is 2.57. The molecule has 2 rings (SSSR count). The lowest BCUT2D eigenvalue weighted by molar-refractivity contribution is -0.659. The Morgan fingerprint density at radius 3 is 2.62 bits per heavy atom. The van der Waals surface area contributed by atoms with Crippen molar-refractivity contribution in [3.63, 3.8) is 0 Å². The summed E-state index contributed by atoms with van der Waals surface area (Å²) in [7, 11) is 1.49. The number of anilines is 1. The highest BCUT2D eigenvalue weighted by Gasteiger charge is 2.26. The molecule has 0 radical (unpaired) electrons. The number of hydrogen-bond donors (Lipinski definition) is 3. The summed E-state index contributed by atoms with van der Waals surface area (Å²) in [5.41, 5.74) is 6.79. The van der Waals surface area contributed by atoms with E-state index in [1.165, 1.54) is 7.11 Å². The van der Waals surface area contributed by atoms with Crippen LogP contribution in [0.5, 0.6) is 0 Å². The molecule has 0 fully saturated rings. The Labute approximate surface area is 177 Å². The third-order valence-corrected chi connectivity index (χ3v) is 5.59. The molecule has 156 valence electrons. The maximum Gasteiger partial charge on any atom is 0.341 e. The number of quaternary nitrogens is 1. The Kier molecular flexibility index (Phi) is 8.59. The summed E-state index contributed by atoms with van der Waals surface area (Å²) < 4.78 is 9.99. The largest absolute Gasteiger partial charge is 0.460 e. The van der Waals surface area contributed by atoms with Gasteiger partial charge in [0.1, 0.15) is 18.2 Å². The van der Waals surface area contributed by atoms with E-state index in [0.717, 1.165) is 16.9 Å². The van der Waals surface area contributed by atoms with Gasteiger partial charge in [-0.3, -0.25) is 9.59 Å². The molecule has 0 bridgehead atoms. The van der Waals surface area contributed by atoms with Crippen LogP contribution in [0.15, 0.2) is 24.3 Å². The van der Waals surface area contributed by atoms with E-state index in [1.54, 1.807) is 18.3 Å². The van der Waals surface area contributed by atoms with Crippen molar-refractivity contribution in [3.05, 3.63) is 50.9 Å². The lowest BCUT2D eigenvalue weighted by Crippen LogP contribution is -2.84. The summed E-state index contributed by atoms with van der Waals surface area (Å²) in [5.74, 6) is -1.66. The molecule has 1 heterocycles. The van der Waals surface area contributed by atoms with E-state index in [1.807, 2.05) is 18.2 Å². The fourth-order valence-corrected chi connectivity index (χ4v) is 3.85. The van der Waals surface area contributed by atoms with Gasteiger partial charge in [-0.1, -0.05) is 29.8 Å². The van der Waals surface area contributed by atoms with Crippen molar-refractivity contribution >= 4 is 45.7 Å². The van der Waals surface area contributed by atoms with Crippen LogP contribution in [0, 0.1) is 6.92 Å². The van der Waals surface area contributed by atoms with E-state index in [0.29, 0.717) is 17.1 Å². The quantitative estimate of drug-likeness (QED) is 0.379. The van der Waals surface area contributed by atoms with Crippen molar-refractivity contribution in [1.29, 1.82) is 0 Å². The average Bonchev–Trinajstić information content (AvgIpc) is 2.99. The Morgan fingerprint density at radius 2 is 1.97 bits per heavy atom. The fraction of sp³-hybridized carbons (Fsp3) is 0.316. The van der Waals surface area contributed by atoms with E-state index in [9.17, 15) is 14.4 Å². The van der Waals surface area contributed by atoms with Crippen LogP contribution in [0.25, 0.3) is 0 Å². The number of methoxy groups -OCH3 is 1. The molecule has 0 aliphatic heterocycles. The number of thiophene rings is 1. The van der Waals surface area contributed by atoms with Gasteiger partial charge in [-0.15, -0.1) is 11.3 Å². The molecule has 2 aromatic rings. The van der Waals surface area contributed by atoms with E-state index < -0.39 is 11.9 Å². The maximum absolute atomic E-state index is 12.4. The van der Waals surface area contributed by atoms with Crippen molar-refractivity contribution < 1.29 is 29.2 Å². The van der Waals surface area contributed by atoms with Crippen LogP contribution in [0.1, 0.15) is 31.2 Å². The predicted octanol–water partition coefficient (Wildman–Crippen LogP) is 1.31. The lowest BCUT2D eigenvalue weighted by Gasteiger charge is -2.08. The zero-order chi connectivity index (χ0) is 21.4. The van der Waals surface area contributed by atoms with Crippen LogP contribution < -0.4 is 16.4 Å². The van der Waals surface area contributed by atoms with Gasteiger partial charge in [0.2, 0.25) is 0 Å². The van der Waals surface area contributed by atoms with E-state index in [-0.39, 0.29) is 41.1 Å². The number of nitrogens with one attached hydrogen (secondary N) is 1. The van der Waals surface area contributed by atoms with Crippen molar-refractivity contribution in [2.75, 3.05) is 32.2 Å². The number of ether oxygens (including phenoxy) is 2. The molecule has 8 nitrogen and oxygen atoms in total. The van der Waals surface area contributed by atoms with Gasteiger partial charge in [0, 0.05) is 17.7 Å². The number of amides is 2. The van der Waals surface area contributed by atoms with E-state index in [4.69, 9.17) is 26.8 Å². The molecular formula is C19H23ClN3O5S+. The topological polar surface area (TPSA) is 124 Å². The number of halogens is 1. The average molecular weight is 441 g/mol. The monoisotopic (exact) mass is 440 g/mol. The molecule has 0 saturated carbocycles. The smallest absolute Gasteiger partial charge is 0.341 e. The summed E-state index contributed by atoms with van der Waals surface area (Å²) >= 11 is 7.05. The van der Waals surface area contributed by atoms with Crippen molar-refractivity contribution in [2.24, 2.45) is 5.73 Å². The molecule has 0 unspecified atom stereocenters. The second-order valence-corrected chi connectivity index (χ2v) is 7.52. The van der Waals surface area contributed by atoms with Crippen LogP contribution in [0.4, 0.5) is 5.00 Å². The third-order valence-electron chi connectivity index (χ3n) is 4.00. The summed E-state index contributed by atoms with van der Waals surface area (Å²) in [6.45, 7) is 2.50. The molecule has 0 spiro atoms. The third kappa shape index (κ3) is 6.26. The summed E-state index contributed by atoms with van der Waals surface area (Å²) in [4.78, 5) is 36.6. The molecule has 1 aromatic heterocycles. The van der Waals surface area contributed by atoms with E-state index >= 15 is 0 Å². The highest BCUT2D eigenvalue weighted by Crippen LogP contribution is 2.33. The second kappa shape index (κ2) is 10.9. The van der Waals surface area contributed by atoms with Gasteiger partial charge < -0.3 is 25.8 Å². The molecule has 5 N–H and O–H groups in total. The van der Waals surface area contributed by atoms with Crippen LogP contribution in [0.2, 0.25) is 5.02 Å². The molecule has 29 heavy (non-hydrogen) atoms. The van der Waals surface area contributed by atoms with Gasteiger partial charge in [-0.25, -0.2) is 4.79 Å². The van der Waals surface area contributed by atoms with E-state index in [2.05, 4.69) is 5.32 Å². The van der Waals surface area contributed by atoms with Gasteiger partial charge in [0.15, 0.2) is 6.54 Å². The number of carbonyl (C=O) groups is 3. The number of benzene rings is 1. The Bertz CT molecular complexity index is 900. The maximum atomic E-state index is 12.4. The van der Waals surface area contributed by atoms with Crippen molar-refractivity contribution in [1.82, 2.24) is 0 Å². The van der Waals surface area contributed by atoms with Crippen molar-refractivity contribution in [2.45, 2.75) is 13.5 Å². The van der Waals surface area contributed by atoms with Crippen LogP contribution in [-0.2, 0) is 20.8 Å². The first-order chi connectivity index (χ1) is 13.8. The van der Waals surface area contributed by atoms with Gasteiger partial charge in [-0.05, 0) is 18.6 Å². The minimum atomic E-state index is -0.677. The highest BCUT2D eigenvalue weighted by atomic mass is 35.5. The molecule has 10 heteroatoms. The zero-order valence-electron chi connectivity index (χ0n) is 16.1. The van der Waals surface area contributed by atoms with Gasteiger partial charge >= 0.3 is 5.97 Å². The Hall–Kier alpha value is -2.46. The number of esters is 1. The Balaban J connectivity index is 2.06. The first-order valence-electron chi connectivity index (χ1n) is 8.79. The molecule has 1 aromatic carbocycles. The second-order valence-electron chi connectivity index (χ2n) is 6.09. The highest BCUT2D eigenvalue weighted by molar-refractivity contribution is 7.18. The molecule has 0 atom stereocenters.